The standard InChI is InChI=1S/C16H17N5O2S/c1-24(22,23)16-17-8-12-10-20(7-5-14(12)19-16)11-13-9-18-21-6-3-2-4-15(13)21/h2-4,6,8-9H,5,7,10-11H2,1H3. The zero-order valence-corrected chi connectivity index (χ0v) is 14.1. The number of hydrogen-bond acceptors (Lipinski definition) is 6. The average Bonchev–Trinajstić information content (AvgIpc) is 2.97. The summed E-state index contributed by atoms with van der Waals surface area (Å²) in [6, 6.07) is 6.02. The molecule has 4 heterocycles. The molecule has 24 heavy (non-hydrogen) atoms. The zero-order chi connectivity index (χ0) is 16.7. The van der Waals surface area contributed by atoms with E-state index in [9.17, 15) is 8.42 Å². The first-order chi connectivity index (χ1) is 11.5. The van der Waals surface area contributed by atoms with E-state index in [1.165, 1.54) is 5.56 Å². The van der Waals surface area contributed by atoms with E-state index in [2.05, 4.69) is 26.0 Å². The summed E-state index contributed by atoms with van der Waals surface area (Å²) < 4.78 is 25.0. The Balaban J connectivity index is 1.56. The Hall–Kier alpha value is -2.32. The first-order valence-electron chi connectivity index (χ1n) is 7.69. The molecule has 1 aliphatic heterocycles. The Morgan fingerprint density at radius 3 is 2.96 bits per heavy atom. The molecule has 0 aliphatic carbocycles. The van der Waals surface area contributed by atoms with Crippen LogP contribution in [0.15, 0.2) is 41.9 Å². The summed E-state index contributed by atoms with van der Waals surface area (Å²) in [5.74, 6) is 0. The summed E-state index contributed by atoms with van der Waals surface area (Å²) in [4.78, 5) is 10.5. The molecular weight excluding hydrogens is 326 g/mol. The lowest BCUT2D eigenvalue weighted by Gasteiger charge is -2.27. The van der Waals surface area contributed by atoms with Crippen molar-refractivity contribution in [2.24, 2.45) is 0 Å². The van der Waals surface area contributed by atoms with Crippen LogP contribution in [0, 0.1) is 0 Å². The summed E-state index contributed by atoms with van der Waals surface area (Å²) in [6.45, 7) is 2.34. The van der Waals surface area contributed by atoms with Crippen LogP contribution in [0.1, 0.15) is 16.8 Å². The molecule has 7 nitrogen and oxygen atoms in total. The molecule has 124 valence electrons. The largest absolute Gasteiger partial charge is 0.294 e. The van der Waals surface area contributed by atoms with Gasteiger partial charge in [-0.2, -0.15) is 5.10 Å². The number of rotatable bonds is 3. The second-order valence-corrected chi connectivity index (χ2v) is 7.97. The smallest absolute Gasteiger partial charge is 0.246 e. The van der Waals surface area contributed by atoms with E-state index in [1.54, 1.807) is 6.20 Å². The normalized spacial score (nSPS) is 15.5. The lowest BCUT2D eigenvalue weighted by atomic mass is 10.1. The third-order valence-electron chi connectivity index (χ3n) is 4.22. The van der Waals surface area contributed by atoms with Gasteiger partial charge in [-0.3, -0.25) is 4.90 Å². The minimum absolute atomic E-state index is 0.0858. The van der Waals surface area contributed by atoms with Gasteiger partial charge in [0, 0.05) is 55.8 Å². The van der Waals surface area contributed by atoms with E-state index in [0.29, 0.717) is 6.54 Å². The maximum atomic E-state index is 11.6. The maximum Gasteiger partial charge on any atom is 0.246 e. The van der Waals surface area contributed by atoms with Gasteiger partial charge in [0.05, 0.1) is 17.4 Å². The number of fused-ring (bicyclic) bond motifs is 2. The summed E-state index contributed by atoms with van der Waals surface area (Å²) >= 11 is 0. The number of nitrogens with zero attached hydrogens (tertiary/aromatic N) is 5. The topological polar surface area (TPSA) is 80.5 Å². The SMILES string of the molecule is CS(=O)(=O)c1ncc2c(n1)CCN(Cc1cnn3ccccc13)C2. The van der Waals surface area contributed by atoms with Gasteiger partial charge in [0.15, 0.2) is 0 Å². The third-order valence-corrected chi connectivity index (χ3v) is 5.08. The predicted octanol–water partition coefficient (Wildman–Crippen LogP) is 1.09. The number of hydrogen-bond donors (Lipinski definition) is 0. The molecule has 0 fully saturated rings. The second kappa shape index (κ2) is 5.64. The number of pyridine rings is 1. The monoisotopic (exact) mass is 343 g/mol. The molecule has 0 amide bonds. The van der Waals surface area contributed by atoms with Crippen molar-refractivity contribution >= 4 is 15.4 Å². The Bertz CT molecular complexity index is 1010. The van der Waals surface area contributed by atoms with Crippen molar-refractivity contribution in [2.45, 2.75) is 24.7 Å². The molecule has 3 aromatic rings. The van der Waals surface area contributed by atoms with Crippen LogP contribution < -0.4 is 0 Å². The molecule has 0 saturated heterocycles. The molecule has 0 spiro atoms. The second-order valence-electron chi connectivity index (χ2n) is 6.06. The van der Waals surface area contributed by atoms with E-state index < -0.39 is 9.84 Å². The lowest BCUT2D eigenvalue weighted by Crippen LogP contribution is -2.31. The van der Waals surface area contributed by atoms with Gasteiger partial charge in [-0.25, -0.2) is 22.9 Å². The maximum absolute atomic E-state index is 11.6. The van der Waals surface area contributed by atoms with Crippen LogP contribution >= 0.6 is 0 Å². The first kappa shape index (κ1) is 15.2. The Labute approximate surface area is 139 Å². The van der Waals surface area contributed by atoms with Gasteiger partial charge in [0.25, 0.3) is 0 Å². The van der Waals surface area contributed by atoms with Gasteiger partial charge in [0.2, 0.25) is 15.0 Å². The predicted molar refractivity (Wildman–Crippen MR) is 88.2 cm³/mol. The van der Waals surface area contributed by atoms with E-state index in [0.717, 1.165) is 42.5 Å². The summed E-state index contributed by atoms with van der Waals surface area (Å²) in [5.41, 5.74) is 4.10. The molecule has 1 aliphatic rings. The molecule has 8 heteroatoms. The minimum Gasteiger partial charge on any atom is -0.294 e. The minimum atomic E-state index is -3.36. The van der Waals surface area contributed by atoms with Crippen LogP contribution in [0.25, 0.3) is 5.52 Å². The fraction of sp³-hybridized carbons (Fsp3) is 0.312. The molecule has 0 aromatic carbocycles. The highest BCUT2D eigenvalue weighted by Gasteiger charge is 2.21. The zero-order valence-electron chi connectivity index (χ0n) is 13.3. The van der Waals surface area contributed by atoms with Gasteiger partial charge < -0.3 is 0 Å². The van der Waals surface area contributed by atoms with Crippen LogP contribution in [-0.4, -0.2) is 45.7 Å². The first-order valence-corrected chi connectivity index (χ1v) is 9.58. The van der Waals surface area contributed by atoms with Crippen molar-refractivity contribution in [3.8, 4) is 0 Å². The van der Waals surface area contributed by atoms with Crippen LogP contribution in [0.4, 0.5) is 0 Å². The van der Waals surface area contributed by atoms with E-state index in [-0.39, 0.29) is 5.16 Å². The highest BCUT2D eigenvalue weighted by molar-refractivity contribution is 7.90. The van der Waals surface area contributed by atoms with Crippen LogP contribution in [-0.2, 0) is 29.3 Å². The Morgan fingerprint density at radius 2 is 2.12 bits per heavy atom. The highest BCUT2D eigenvalue weighted by atomic mass is 32.2. The highest BCUT2D eigenvalue weighted by Crippen LogP contribution is 2.21. The van der Waals surface area contributed by atoms with Gasteiger partial charge in [0.1, 0.15) is 0 Å². The third kappa shape index (κ3) is 2.78. The molecule has 0 atom stereocenters. The Kier molecular flexibility index (Phi) is 3.58. The fourth-order valence-electron chi connectivity index (χ4n) is 3.02. The average molecular weight is 343 g/mol. The molecule has 0 N–H and O–H groups in total. The van der Waals surface area contributed by atoms with Crippen LogP contribution in [0.5, 0.6) is 0 Å². The fourth-order valence-corrected chi connectivity index (χ4v) is 3.54. The summed E-state index contributed by atoms with van der Waals surface area (Å²) in [7, 11) is -3.36. The van der Waals surface area contributed by atoms with E-state index in [1.807, 2.05) is 29.0 Å². The van der Waals surface area contributed by atoms with E-state index in [4.69, 9.17) is 0 Å². The van der Waals surface area contributed by atoms with Gasteiger partial charge >= 0.3 is 0 Å². The number of sulfone groups is 1. The van der Waals surface area contributed by atoms with Crippen LogP contribution in [0.3, 0.4) is 0 Å². The molecule has 3 aromatic heterocycles. The summed E-state index contributed by atoms with van der Waals surface area (Å²) in [6.07, 6.45) is 7.33. The van der Waals surface area contributed by atoms with Crippen molar-refractivity contribution in [1.82, 2.24) is 24.5 Å². The van der Waals surface area contributed by atoms with Crippen LogP contribution in [0.2, 0.25) is 0 Å². The molecule has 0 bridgehead atoms. The van der Waals surface area contributed by atoms with Crippen molar-refractivity contribution in [3.05, 3.63) is 53.6 Å². The van der Waals surface area contributed by atoms with Crippen molar-refractivity contribution < 1.29 is 8.42 Å². The van der Waals surface area contributed by atoms with E-state index >= 15 is 0 Å². The van der Waals surface area contributed by atoms with Gasteiger partial charge in [-0.1, -0.05) is 6.07 Å². The lowest BCUT2D eigenvalue weighted by molar-refractivity contribution is 0.243. The molecule has 0 unspecified atom stereocenters. The molecule has 0 radical (unpaired) electrons. The molecular formula is C16H17N5O2S. The molecule has 4 rings (SSSR count). The van der Waals surface area contributed by atoms with Crippen molar-refractivity contribution in [3.63, 3.8) is 0 Å². The Morgan fingerprint density at radius 1 is 1.25 bits per heavy atom. The van der Waals surface area contributed by atoms with Gasteiger partial charge in [-0.05, 0) is 12.1 Å². The molecule has 0 saturated carbocycles. The van der Waals surface area contributed by atoms with Gasteiger partial charge in [-0.15, -0.1) is 0 Å². The van der Waals surface area contributed by atoms with Crippen molar-refractivity contribution in [2.75, 3.05) is 12.8 Å². The van der Waals surface area contributed by atoms with Crippen molar-refractivity contribution in [1.29, 1.82) is 0 Å². The number of aromatic nitrogens is 4. The quantitative estimate of drug-likeness (QED) is 0.662. The summed E-state index contributed by atoms with van der Waals surface area (Å²) in [5, 5.41) is 4.28.